The maximum absolute atomic E-state index is 6.30. The van der Waals surface area contributed by atoms with E-state index in [0.29, 0.717) is 11.6 Å². The van der Waals surface area contributed by atoms with Crippen molar-refractivity contribution in [2.24, 2.45) is 12.9 Å². The molecular weight excluding hydrogens is 276 g/mol. The Hall–Kier alpha value is -1.30. The van der Waals surface area contributed by atoms with Gasteiger partial charge in [0, 0.05) is 18.2 Å². The van der Waals surface area contributed by atoms with Crippen LogP contribution in [0.5, 0.6) is 0 Å². The maximum atomic E-state index is 6.30. The Bertz CT molecular complexity index is 630. The van der Waals surface area contributed by atoms with E-state index < -0.39 is 0 Å². The van der Waals surface area contributed by atoms with Gasteiger partial charge in [-0.25, -0.2) is 0 Å². The number of nitrogens with one attached hydrogen (secondary N) is 1. The Morgan fingerprint density at radius 2 is 1.95 bits per heavy atom. The van der Waals surface area contributed by atoms with Gasteiger partial charge in [0.2, 0.25) is 0 Å². The Balaban J connectivity index is 2.39. The second-order valence-corrected chi connectivity index (χ2v) is 5.51. The van der Waals surface area contributed by atoms with Crippen LogP contribution in [-0.2, 0) is 13.5 Å². The average molecular weight is 297 g/mol. The van der Waals surface area contributed by atoms with Crippen LogP contribution < -0.4 is 11.3 Å². The average Bonchev–Trinajstić information content (AvgIpc) is 2.77. The monoisotopic (exact) mass is 296 g/mol. The van der Waals surface area contributed by atoms with Crippen molar-refractivity contribution in [2.75, 3.05) is 0 Å². The summed E-state index contributed by atoms with van der Waals surface area (Å²) in [4.78, 5) is 0. The molecule has 0 spiro atoms. The lowest BCUT2D eigenvalue weighted by atomic mass is 9.96. The van der Waals surface area contributed by atoms with Crippen LogP contribution in [0.25, 0.3) is 0 Å². The molecule has 0 aliphatic carbocycles. The first-order chi connectivity index (χ1) is 9.36. The second-order valence-electron chi connectivity index (χ2n) is 5.15. The molecule has 2 rings (SSSR count). The number of aryl methyl sites for hydroxylation is 4. The summed E-state index contributed by atoms with van der Waals surface area (Å²) in [5, 5.41) is 4.99. The highest BCUT2D eigenvalue weighted by molar-refractivity contribution is 6.30. The fourth-order valence-corrected chi connectivity index (χ4v) is 2.93. The van der Waals surface area contributed by atoms with Gasteiger partial charge in [0.25, 0.3) is 0 Å². The fourth-order valence-electron chi connectivity index (χ4n) is 2.68. The molecule has 110 valence electrons. The third-order valence-electron chi connectivity index (χ3n) is 3.85. The molecule has 0 bridgehead atoms. The molecule has 0 saturated carbocycles. The molecule has 1 atom stereocenters. The van der Waals surface area contributed by atoms with Crippen LogP contribution in [0.2, 0.25) is 5.15 Å². The van der Waals surface area contributed by atoms with Crippen LogP contribution in [0.4, 0.5) is 0 Å². The number of furan rings is 1. The first-order valence-corrected chi connectivity index (χ1v) is 6.95. The highest BCUT2D eigenvalue weighted by Gasteiger charge is 2.23. The van der Waals surface area contributed by atoms with Gasteiger partial charge in [-0.05, 0) is 39.7 Å². The fraction of sp³-hybridized carbons (Fsp3) is 0.500. The molecule has 5 nitrogen and oxygen atoms in total. The van der Waals surface area contributed by atoms with Crippen molar-refractivity contribution in [3.8, 4) is 0 Å². The Morgan fingerprint density at radius 1 is 1.30 bits per heavy atom. The Kier molecular flexibility index (Phi) is 4.22. The van der Waals surface area contributed by atoms with Gasteiger partial charge in [0.05, 0.1) is 11.7 Å². The summed E-state index contributed by atoms with van der Waals surface area (Å²) in [7, 11) is 1.84. The largest absolute Gasteiger partial charge is 0.466 e. The summed E-state index contributed by atoms with van der Waals surface area (Å²) >= 11 is 6.30. The summed E-state index contributed by atoms with van der Waals surface area (Å²) in [5.41, 5.74) is 7.03. The minimum absolute atomic E-state index is 0.0483. The lowest BCUT2D eigenvalue weighted by Crippen LogP contribution is -2.30. The third kappa shape index (κ3) is 2.49. The zero-order valence-corrected chi connectivity index (χ0v) is 13.3. The van der Waals surface area contributed by atoms with Gasteiger partial charge < -0.3 is 4.42 Å². The van der Waals surface area contributed by atoms with E-state index in [9.17, 15) is 0 Å². The van der Waals surface area contributed by atoms with Gasteiger partial charge >= 0.3 is 0 Å². The van der Waals surface area contributed by atoms with Crippen molar-refractivity contribution in [1.29, 1.82) is 0 Å². The standard InChI is InChI=1S/C14H21ClN4O/c1-7-9(3)20-10(4)13(7)12(17-16)6-11-8(2)18-19(5)14(11)15/h12,17H,6,16H2,1-5H3. The zero-order chi connectivity index (χ0) is 15.0. The first-order valence-electron chi connectivity index (χ1n) is 6.57. The van der Waals surface area contributed by atoms with Crippen molar-refractivity contribution in [1.82, 2.24) is 15.2 Å². The molecule has 20 heavy (non-hydrogen) atoms. The molecule has 2 aromatic rings. The molecule has 0 saturated heterocycles. The van der Waals surface area contributed by atoms with E-state index in [4.69, 9.17) is 21.9 Å². The van der Waals surface area contributed by atoms with Crippen LogP contribution in [0.3, 0.4) is 0 Å². The highest BCUT2D eigenvalue weighted by atomic mass is 35.5. The van der Waals surface area contributed by atoms with Crippen molar-refractivity contribution in [2.45, 2.75) is 40.2 Å². The van der Waals surface area contributed by atoms with Crippen molar-refractivity contribution >= 4 is 11.6 Å². The molecule has 0 radical (unpaired) electrons. The predicted octanol–water partition coefficient (Wildman–Crippen LogP) is 2.65. The smallest absolute Gasteiger partial charge is 0.130 e. The number of nitrogens with zero attached hydrogens (tertiary/aromatic N) is 2. The summed E-state index contributed by atoms with van der Waals surface area (Å²) in [6.07, 6.45) is 0.676. The predicted molar refractivity (Wildman–Crippen MR) is 79.6 cm³/mol. The number of aromatic nitrogens is 2. The normalized spacial score (nSPS) is 12.9. The number of nitrogens with two attached hydrogens (primary N) is 1. The van der Waals surface area contributed by atoms with Gasteiger partial charge in [-0.1, -0.05) is 11.6 Å². The molecule has 3 N–H and O–H groups in total. The van der Waals surface area contributed by atoms with Crippen LogP contribution in [0, 0.1) is 27.7 Å². The summed E-state index contributed by atoms with van der Waals surface area (Å²) < 4.78 is 7.36. The second kappa shape index (κ2) is 5.60. The van der Waals surface area contributed by atoms with E-state index in [1.165, 1.54) is 0 Å². The van der Waals surface area contributed by atoms with E-state index in [1.807, 2.05) is 34.7 Å². The lowest BCUT2D eigenvalue weighted by Gasteiger charge is -2.16. The van der Waals surface area contributed by atoms with Crippen LogP contribution in [0.15, 0.2) is 4.42 Å². The number of hydrazine groups is 1. The van der Waals surface area contributed by atoms with Crippen LogP contribution in [0.1, 0.15) is 39.9 Å². The summed E-state index contributed by atoms with van der Waals surface area (Å²) in [5.74, 6) is 7.56. The van der Waals surface area contributed by atoms with E-state index in [-0.39, 0.29) is 6.04 Å². The Labute approximate surface area is 124 Å². The van der Waals surface area contributed by atoms with Crippen LogP contribution in [-0.4, -0.2) is 9.78 Å². The van der Waals surface area contributed by atoms with Crippen LogP contribution >= 0.6 is 11.6 Å². The van der Waals surface area contributed by atoms with Gasteiger partial charge in [-0.3, -0.25) is 16.0 Å². The van der Waals surface area contributed by atoms with E-state index >= 15 is 0 Å². The molecule has 1 unspecified atom stereocenters. The number of hydrogen-bond donors (Lipinski definition) is 2. The molecule has 0 aliphatic rings. The molecule has 0 aromatic carbocycles. The molecule has 2 heterocycles. The Morgan fingerprint density at radius 3 is 2.35 bits per heavy atom. The minimum atomic E-state index is -0.0483. The van der Waals surface area contributed by atoms with Gasteiger partial charge in [0.1, 0.15) is 16.7 Å². The van der Waals surface area contributed by atoms with Crippen molar-refractivity contribution in [3.63, 3.8) is 0 Å². The summed E-state index contributed by atoms with van der Waals surface area (Å²) in [6, 6.07) is -0.0483. The molecule has 0 aliphatic heterocycles. The molecular formula is C14H21ClN4O. The van der Waals surface area contributed by atoms with E-state index in [0.717, 1.165) is 33.9 Å². The summed E-state index contributed by atoms with van der Waals surface area (Å²) in [6.45, 7) is 7.91. The molecule has 2 aromatic heterocycles. The molecule has 0 amide bonds. The maximum Gasteiger partial charge on any atom is 0.130 e. The van der Waals surface area contributed by atoms with Gasteiger partial charge in [-0.15, -0.1) is 0 Å². The molecule has 6 heteroatoms. The molecule has 0 fully saturated rings. The lowest BCUT2D eigenvalue weighted by molar-refractivity contribution is 0.484. The number of rotatable bonds is 4. The van der Waals surface area contributed by atoms with E-state index in [2.05, 4.69) is 10.5 Å². The number of hydrogen-bond acceptors (Lipinski definition) is 4. The first kappa shape index (κ1) is 15.1. The van der Waals surface area contributed by atoms with Crippen molar-refractivity contribution in [3.05, 3.63) is 39.1 Å². The van der Waals surface area contributed by atoms with Crippen molar-refractivity contribution < 1.29 is 4.42 Å². The van der Waals surface area contributed by atoms with Gasteiger partial charge in [0.15, 0.2) is 0 Å². The highest BCUT2D eigenvalue weighted by Crippen LogP contribution is 2.31. The minimum Gasteiger partial charge on any atom is -0.466 e. The SMILES string of the molecule is Cc1nn(C)c(Cl)c1CC(NN)c1c(C)oc(C)c1C. The zero-order valence-electron chi connectivity index (χ0n) is 12.5. The third-order valence-corrected chi connectivity index (χ3v) is 4.32. The number of halogens is 1. The van der Waals surface area contributed by atoms with E-state index in [1.54, 1.807) is 4.68 Å². The topological polar surface area (TPSA) is 69.0 Å². The van der Waals surface area contributed by atoms with Gasteiger partial charge in [-0.2, -0.15) is 5.10 Å². The quantitative estimate of drug-likeness (QED) is 0.672.